The molecule has 1 fully saturated rings. The molecule has 3 rings (SSSR count). The van der Waals surface area contributed by atoms with Crippen molar-refractivity contribution in [2.45, 2.75) is 18.9 Å². The summed E-state index contributed by atoms with van der Waals surface area (Å²) >= 11 is 0. The normalized spacial score (nSPS) is 26.9. The number of nitrogens with one attached hydrogen (secondary N) is 2. The van der Waals surface area contributed by atoms with Crippen LogP contribution in [-0.4, -0.2) is 32.1 Å². The van der Waals surface area contributed by atoms with E-state index in [9.17, 15) is 4.79 Å². The van der Waals surface area contributed by atoms with Crippen molar-refractivity contribution in [3.8, 4) is 11.5 Å². The quantitative estimate of drug-likeness (QED) is 0.794. The lowest BCUT2D eigenvalue weighted by atomic mass is 9.92. The van der Waals surface area contributed by atoms with Crippen molar-refractivity contribution in [1.29, 1.82) is 0 Å². The predicted octanol–water partition coefficient (Wildman–Crippen LogP) is 0.768. The monoisotopic (exact) mass is 275 g/mol. The number of rotatable bonds is 1. The fourth-order valence-electron chi connectivity index (χ4n) is 2.35. The zero-order valence-electron chi connectivity index (χ0n) is 11.5. The molecule has 0 saturated carbocycles. The lowest BCUT2D eigenvalue weighted by Gasteiger charge is -2.22. The molecule has 1 amide bonds. The van der Waals surface area contributed by atoms with Gasteiger partial charge >= 0.3 is 0 Å². The highest BCUT2D eigenvalue weighted by Gasteiger charge is 2.42. The number of benzene rings is 1. The first-order valence-electron chi connectivity index (χ1n) is 6.60. The maximum atomic E-state index is 12.2. The standard InChI is InChI=1S/C14H17N3O3/c1-14(12(18)16-13(15-2)17-14)9-4-5-10-11(8-9)20-7-3-6-19-10/h4-5,8H,3,6-7H2,1-2H3,(H2,15,16,17,18). The van der Waals surface area contributed by atoms with Gasteiger partial charge in [-0.2, -0.15) is 0 Å². The number of ether oxygens (including phenoxy) is 2. The Kier molecular flexibility index (Phi) is 3.00. The molecule has 1 unspecified atom stereocenters. The van der Waals surface area contributed by atoms with E-state index in [4.69, 9.17) is 9.47 Å². The molecular formula is C14H17N3O3. The molecule has 2 aliphatic rings. The first-order valence-corrected chi connectivity index (χ1v) is 6.60. The van der Waals surface area contributed by atoms with E-state index in [1.54, 1.807) is 7.05 Å². The summed E-state index contributed by atoms with van der Waals surface area (Å²) in [6.07, 6.45) is 0.854. The smallest absolute Gasteiger partial charge is 0.256 e. The number of nitrogens with zero attached hydrogens (tertiary/aromatic N) is 1. The molecule has 6 heteroatoms. The van der Waals surface area contributed by atoms with Gasteiger partial charge < -0.3 is 14.8 Å². The second-order valence-electron chi connectivity index (χ2n) is 4.99. The van der Waals surface area contributed by atoms with Crippen LogP contribution in [-0.2, 0) is 10.3 Å². The summed E-state index contributed by atoms with van der Waals surface area (Å²) in [5.74, 6) is 1.74. The van der Waals surface area contributed by atoms with Gasteiger partial charge in [0.1, 0.15) is 5.54 Å². The molecule has 0 aromatic heterocycles. The van der Waals surface area contributed by atoms with Crippen molar-refractivity contribution in [3.05, 3.63) is 23.8 Å². The maximum Gasteiger partial charge on any atom is 0.256 e. The summed E-state index contributed by atoms with van der Waals surface area (Å²) in [7, 11) is 1.63. The molecule has 0 bridgehead atoms. The molecule has 0 radical (unpaired) electrons. The Balaban J connectivity index is 1.98. The third-order valence-corrected chi connectivity index (χ3v) is 3.60. The lowest BCUT2D eigenvalue weighted by Crippen LogP contribution is -2.40. The molecule has 2 N–H and O–H groups in total. The molecule has 6 nitrogen and oxygen atoms in total. The van der Waals surface area contributed by atoms with Crippen LogP contribution in [0.2, 0.25) is 0 Å². The molecule has 2 heterocycles. The number of aliphatic imine (C=N–C) groups is 1. The SMILES string of the molecule is CN=C1NC(=O)C(C)(c2ccc3c(c2)OCCCO3)N1. The Morgan fingerprint density at radius 1 is 1.25 bits per heavy atom. The van der Waals surface area contributed by atoms with Crippen LogP contribution >= 0.6 is 0 Å². The molecule has 2 aliphatic heterocycles. The Labute approximate surface area is 117 Å². The summed E-state index contributed by atoms with van der Waals surface area (Å²) in [4.78, 5) is 16.2. The number of fused-ring (bicyclic) bond motifs is 1. The molecular weight excluding hydrogens is 258 g/mol. The topological polar surface area (TPSA) is 72.0 Å². The largest absolute Gasteiger partial charge is 0.490 e. The molecule has 1 atom stereocenters. The van der Waals surface area contributed by atoms with Gasteiger partial charge in [-0.15, -0.1) is 0 Å². The van der Waals surface area contributed by atoms with Crippen LogP contribution in [0.1, 0.15) is 18.9 Å². The Bertz CT molecular complexity index is 585. The summed E-state index contributed by atoms with van der Waals surface area (Å²) < 4.78 is 11.3. The number of carbonyl (C=O) groups excluding carboxylic acids is 1. The summed E-state index contributed by atoms with van der Waals surface area (Å²) in [6.45, 7) is 3.09. The fourth-order valence-corrected chi connectivity index (χ4v) is 2.35. The zero-order valence-corrected chi connectivity index (χ0v) is 11.5. The number of amides is 1. The minimum absolute atomic E-state index is 0.132. The van der Waals surface area contributed by atoms with Gasteiger partial charge in [0, 0.05) is 13.5 Å². The predicted molar refractivity (Wildman–Crippen MR) is 74.0 cm³/mol. The molecule has 1 aromatic carbocycles. The second-order valence-corrected chi connectivity index (χ2v) is 4.99. The average molecular weight is 275 g/mol. The van der Waals surface area contributed by atoms with E-state index in [0.29, 0.717) is 24.9 Å². The highest BCUT2D eigenvalue weighted by molar-refractivity contribution is 6.09. The van der Waals surface area contributed by atoms with Crippen LogP contribution in [0, 0.1) is 0 Å². The number of hydrogen-bond donors (Lipinski definition) is 2. The molecule has 106 valence electrons. The van der Waals surface area contributed by atoms with Crippen LogP contribution in [0.25, 0.3) is 0 Å². The fraction of sp³-hybridized carbons (Fsp3) is 0.429. The van der Waals surface area contributed by atoms with Gasteiger partial charge in [-0.1, -0.05) is 6.07 Å². The van der Waals surface area contributed by atoms with Crippen molar-refractivity contribution in [1.82, 2.24) is 10.6 Å². The third kappa shape index (κ3) is 1.97. The minimum atomic E-state index is -0.848. The van der Waals surface area contributed by atoms with E-state index in [1.165, 1.54) is 0 Å². The van der Waals surface area contributed by atoms with Crippen LogP contribution in [0.15, 0.2) is 23.2 Å². The van der Waals surface area contributed by atoms with E-state index in [-0.39, 0.29) is 5.91 Å². The molecule has 0 spiro atoms. The highest BCUT2D eigenvalue weighted by Crippen LogP contribution is 2.35. The number of guanidine groups is 1. The molecule has 20 heavy (non-hydrogen) atoms. The second kappa shape index (κ2) is 4.70. The Hall–Kier alpha value is -2.24. The zero-order chi connectivity index (χ0) is 14.2. The summed E-state index contributed by atoms with van der Waals surface area (Å²) in [6, 6.07) is 5.57. The van der Waals surface area contributed by atoms with Crippen LogP contribution in [0.3, 0.4) is 0 Å². The van der Waals surface area contributed by atoms with Gasteiger partial charge in [-0.3, -0.25) is 15.1 Å². The van der Waals surface area contributed by atoms with E-state index >= 15 is 0 Å². The first kappa shape index (κ1) is 12.8. The van der Waals surface area contributed by atoms with Gasteiger partial charge in [-0.05, 0) is 24.6 Å². The van der Waals surface area contributed by atoms with E-state index in [1.807, 2.05) is 25.1 Å². The van der Waals surface area contributed by atoms with Gasteiger partial charge in [-0.25, -0.2) is 0 Å². The van der Waals surface area contributed by atoms with Crippen molar-refractivity contribution >= 4 is 11.9 Å². The highest BCUT2D eigenvalue weighted by atomic mass is 16.5. The average Bonchev–Trinajstić information content (AvgIpc) is 2.65. The maximum absolute atomic E-state index is 12.2. The Morgan fingerprint density at radius 3 is 2.70 bits per heavy atom. The van der Waals surface area contributed by atoms with Gasteiger partial charge in [0.2, 0.25) is 0 Å². The van der Waals surface area contributed by atoms with Gasteiger partial charge in [0.05, 0.1) is 13.2 Å². The minimum Gasteiger partial charge on any atom is -0.490 e. The van der Waals surface area contributed by atoms with Crippen molar-refractivity contribution in [2.75, 3.05) is 20.3 Å². The Morgan fingerprint density at radius 2 is 2.00 bits per heavy atom. The number of carbonyl (C=O) groups is 1. The van der Waals surface area contributed by atoms with Crippen molar-refractivity contribution in [3.63, 3.8) is 0 Å². The molecule has 0 aliphatic carbocycles. The lowest BCUT2D eigenvalue weighted by molar-refractivity contribution is -0.123. The van der Waals surface area contributed by atoms with Crippen LogP contribution in [0.4, 0.5) is 0 Å². The van der Waals surface area contributed by atoms with Crippen LogP contribution in [0.5, 0.6) is 11.5 Å². The van der Waals surface area contributed by atoms with Gasteiger partial charge in [0.25, 0.3) is 5.91 Å². The van der Waals surface area contributed by atoms with Gasteiger partial charge in [0.15, 0.2) is 17.5 Å². The van der Waals surface area contributed by atoms with E-state index in [2.05, 4.69) is 15.6 Å². The molecule has 1 aromatic rings. The summed E-state index contributed by atoms with van der Waals surface area (Å²) in [5.41, 5.74) is -0.0302. The van der Waals surface area contributed by atoms with E-state index in [0.717, 1.165) is 17.7 Å². The molecule has 1 saturated heterocycles. The van der Waals surface area contributed by atoms with Crippen LogP contribution < -0.4 is 20.1 Å². The van der Waals surface area contributed by atoms with Crippen molar-refractivity contribution < 1.29 is 14.3 Å². The third-order valence-electron chi connectivity index (χ3n) is 3.60. The number of hydrogen-bond acceptors (Lipinski definition) is 4. The van der Waals surface area contributed by atoms with E-state index < -0.39 is 5.54 Å². The first-order chi connectivity index (χ1) is 9.63. The summed E-state index contributed by atoms with van der Waals surface area (Å²) in [5, 5.41) is 5.81. The van der Waals surface area contributed by atoms with Crippen molar-refractivity contribution in [2.24, 2.45) is 4.99 Å².